The Kier molecular flexibility index (Phi) is 2.83. The maximum Gasteiger partial charge on any atom is 0.127 e. The average Bonchev–Trinajstić information content (AvgIpc) is 2.00. The zero-order chi connectivity index (χ0) is 9.14. The van der Waals surface area contributed by atoms with Gasteiger partial charge in [-0.2, -0.15) is 5.26 Å². The fraction of sp³-hybridized carbons (Fsp3) is 0.222. The van der Waals surface area contributed by atoms with Crippen molar-refractivity contribution >= 4 is 15.9 Å². The molecule has 3 heteroatoms. The molecular weight excluding hydrogens is 221 g/mol. The first-order valence-electron chi connectivity index (χ1n) is 3.46. The zero-order valence-electron chi connectivity index (χ0n) is 6.56. The summed E-state index contributed by atoms with van der Waals surface area (Å²) in [4.78, 5) is 0. The van der Waals surface area contributed by atoms with Gasteiger partial charge in [0.05, 0.1) is 12.5 Å². The van der Waals surface area contributed by atoms with Crippen LogP contribution < -0.4 is 0 Å². The Labute approximate surface area is 79.0 Å². The predicted molar refractivity (Wildman–Crippen MR) is 48.2 cm³/mol. The van der Waals surface area contributed by atoms with E-state index in [-0.39, 0.29) is 12.2 Å². The van der Waals surface area contributed by atoms with E-state index in [9.17, 15) is 4.39 Å². The van der Waals surface area contributed by atoms with Crippen molar-refractivity contribution in [2.24, 2.45) is 0 Å². The normalized spacial score (nSPS) is 9.50. The molecule has 0 aliphatic carbocycles. The van der Waals surface area contributed by atoms with Gasteiger partial charge >= 0.3 is 0 Å². The third-order valence-electron chi connectivity index (χ3n) is 1.69. The Balaban J connectivity index is 3.20. The first-order chi connectivity index (χ1) is 5.65. The lowest BCUT2D eigenvalue weighted by Gasteiger charge is -2.03. The van der Waals surface area contributed by atoms with Gasteiger partial charge in [0.25, 0.3) is 0 Å². The maximum atomic E-state index is 13.0. The quantitative estimate of drug-likeness (QED) is 0.724. The molecule has 0 heterocycles. The van der Waals surface area contributed by atoms with E-state index in [1.54, 1.807) is 13.0 Å². The molecule has 0 atom stereocenters. The summed E-state index contributed by atoms with van der Waals surface area (Å²) in [6.45, 7) is 1.68. The van der Waals surface area contributed by atoms with Crippen LogP contribution in [0.4, 0.5) is 4.39 Å². The number of halogens is 2. The van der Waals surface area contributed by atoms with Crippen molar-refractivity contribution in [3.8, 4) is 6.07 Å². The molecule has 0 aliphatic heterocycles. The molecule has 1 aromatic rings. The van der Waals surface area contributed by atoms with Gasteiger partial charge in [0, 0.05) is 4.47 Å². The Bertz CT molecular complexity index is 341. The van der Waals surface area contributed by atoms with Crippen LogP contribution >= 0.6 is 15.9 Å². The minimum absolute atomic E-state index is 0.252. The minimum atomic E-state index is -0.269. The summed E-state index contributed by atoms with van der Waals surface area (Å²) in [5.74, 6) is -0.269. The lowest BCUT2D eigenvalue weighted by atomic mass is 10.1. The van der Waals surface area contributed by atoms with E-state index >= 15 is 0 Å². The van der Waals surface area contributed by atoms with Crippen molar-refractivity contribution in [2.45, 2.75) is 13.3 Å². The van der Waals surface area contributed by atoms with Crippen LogP contribution in [0, 0.1) is 24.1 Å². The Hall–Kier alpha value is -0.880. The molecule has 0 aliphatic rings. The van der Waals surface area contributed by atoms with Gasteiger partial charge in [-0.25, -0.2) is 4.39 Å². The van der Waals surface area contributed by atoms with E-state index in [2.05, 4.69) is 15.9 Å². The van der Waals surface area contributed by atoms with Gasteiger partial charge in [0.2, 0.25) is 0 Å². The van der Waals surface area contributed by atoms with Crippen molar-refractivity contribution in [2.75, 3.05) is 0 Å². The number of rotatable bonds is 1. The van der Waals surface area contributed by atoms with Gasteiger partial charge < -0.3 is 0 Å². The van der Waals surface area contributed by atoms with E-state index in [1.165, 1.54) is 6.07 Å². The molecule has 1 rings (SSSR count). The summed E-state index contributed by atoms with van der Waals surface area (Å²) < 4.78 is 13.7. The highest BCUT2D eigenvalue weighted by molar-refractivity contribution is 9.10. The van der Waals surface area contributed by atoms with Gasteiger partial charge in [-0.3, -0.25) is 0 Å². The van der Waals surface area contributed by atoms with E-state index < -0.39 is 0 Å². The minimum Gasteiger partial charge on any atom is -0.207 e. The third-order valence-corrected chi connectivity index (χ3v) is 2.14. The topological polar surface area (TPSA) is 23.8 Å². The highest BCUT2D eigenvalue weighted by Crippen LogP contribution is 2.19. The van der Waals surface area contributed by atoms with Crippen LogP contribution in [0.3, 0.4) is 0 Å². The van der Waals surface area contributed by atoms with Crippen LogP contribution in [0.25, 0.3) is 0 Å². The molecule has 0 saturated carbocycles. The van der Waals surface area contributed by atoms with Gasteiger partial charge in [-0.1, -0.05) is 15.9 Å². The molecule has 1 nitrogen and oxygen atoms in total. The van der Waals surface area contributed by atoms with Crippen LogP contribution in [-0.4, -0.2) is 0 Å². The van der Waals surface area contributed by atoms with Gasteiger partial charge in [-0.15, -0.1) is 0 Å². The second-order valence-corrected chi connectivity index (χ2v) is 3.42. The second kappa shape index (κ2) is 3.68. The first-order valence-corrected chi connectivity index (χ1v) is 4.26. The summed E-state index contributed by atoms with van der Waals surface area (Å²) in [6.07, 6.45) is 0.252. The van der Waals surface area contributed by atoms with Gasteiger partial charge in [0.15, 0.2) is 0 Å². The molecule has 0 aromatic heterocycles. The molecule has 0 saturated heterocycles. The smallest absolute Gasteiger partial charge is 0.127 e. The SMILES string of the molecule is Cc1c(F)cc(Br)cc1CC#N. The Morgan fingerprint density at radius 2 is 2.25 bits per heavy atom. The van der Waals surface area contributed by atoms with Crippen LogP contribution in [0.15, 0.2) is 16.6 Å². The van der Waals surface area contributed by atoms with Crippen molar-refractivity contribution < 1.29 is 4.39 Å². The number of benzene rings is 1. The van der Waals surface area contributed by atoms with Crippen molar-refractivity contribution in [1.82, 2.24) is 0 Å². The van der Waals surface area contributed by atoms with E-state index in [1.807, 2.05) is 6.07 Å². The molecule has 0 bridgehead atoms. The van der Waals surface area contributed by atoms with Crippen molar-refractivity contribution in [3.05, 3.63) is 33.5 Å². The van der Waals surface area contributed by atoms with Gasteiger partial charge in [0.1, 0.15) is 5.82 Å². The number of nitriles is 1. The van der Waals surface area contributed by atoms with Crippen molar-refractivity contribution in [1.29, 1.82) is 5.26 Å². The number of nitrogens with zero attached hydrogens (tertiary/aromatic N) is 1. The highest BCUT2D eigenvalue weighted by Gasteiger charge is 2.04. The molecule has 0 fully saturated rings. The summed E-state index contributed by atoms with van der Waals surface area (Å²) in [6, 6.07) is 5.16. The lowest BCUT2D eigenvalue weighted by Crippen LogP contribution is -1.91. The maximum absolute atomic E-state index is 13.0. The predicted octanol–water partition coefficient (Wildman–Crippen LogP) is 2.96. The van der Waals surface area contributed by atoms with Gasteiger partial charge in [-0.05, 0) is 30.2 Å². The zero-order valence-corrected chi connectivity index (χ0v) is 8.15. The Morgan fingerprint density at radius 3 is 2.83 bits per heavy atom. The fourth-order valence-electron chi connectivity index (χ4n) is 0.968. The van der Waals surface area contributed by atoms with Crippen LogP contribution in [0.5, 0.6) is 0 Å². The summed E-state index contributed by atoms with van der Waals surface area (Å²) in [7, 11) is 0. The molecule has 1 aromatic carbocycles. The molecule has 0 radical (unpaired) electrons. The number of hydrogen-bond acceptors (Lipinski definition) is 1. The second-order valence-electron chi connectivity index (χ2n) is 2.51. The van der Waals surface area contributed by atoms with Crippen LogP contribution in [0.1, 0.15) is 11.1 Å². The summed E-state index contributed by atoms with van der Waals surface area (Å²) >= 11 is 3.17. The highest BCUT2D eigenvalue weighted by atomic mass is 79.9. The third kappa shape index (κ3) is 1.83. The monoisotopic (exact) mass is 227 g/mol. The molecule has 0 N–H and O–H groups in total. The molecule has 0 spiro atoms. The summed E-state index contributed by atoms with van der Waals surface area (Å²) in [5.41, 5.74) is 1.30. The molecule has 0 amide bonds. The summed E-state index contributed by atoms with van der Waals surface area (Å²) in [5, 5.41) is 8.44. The van der Waals surface area contributed by atoms with Crippen LogP contribution in [-0.2, 0) is 6.42 Å². The van der Waals surface area contributed by atoms with E-state index in [4.69, 9.17) is 5.26 Å². The molecular formula is C9H7BrFN. The van der Waals surface area contributed by atoms with Crippen LogP contribution in [0.2, 0.25) is 0 Å². The largest absolute Gasteiger partial charge is 0.207 e. The van der Waals surface area contributed by atoms with E-state index in [0.29, 0.717) is 10.0 Å². The van der Waals surface area contributed by atoms with Crippen molar-refractivity contribution in [3.63, 3.8) is 0 Å². The Morgan fingerprint density at radius 1 is 1.58 bits per heavy atom. The fourth-order valence-corrected chi connectivity index (χ4v) is 1.45. The lowest BCUT2D eigenvalue weighted by molar-refractivity contribution is 0.615. The molecule has 0 unspecified atom stereocenters. The molecule has 12 heavy (non-hydrogen) atoms. The standard InChI is InChI=1S/C9H7BrFN/c1-6-7(2-3-12)4-8(10)5-9(6)11/h4-5H,2H2,1H3. The first kappa shape index (κ1) is 9.21. The average molecular weight is 228 g/mol. The number of hydrogen-bond donors (Lipinski definition) is 0. The van der Waals surface area contributed by atoms with E-state index in [0.717, 1.165) is 5.56 Å². The molecule has 62 valence electrons.